The Bertz CT molecular complexity index is 512. The molecule has 0 atom stereocenters. The molecule has 0 spiro atoms. The highest BCUT2D eigenvalue weighted by Crippen LogP contribution is 2.54. The van der Waals surface area contributed by atoms with Crippen molar-refractivity contribution in [3.8, 4) is 11.5 Å². The Morgan fingerprint density at radius 3 is 2.59 bits per heavy atom. The van der Waals surface area contributed by atoms with E-state index in [4.69, 9.17) is 4.74 Å². The summed E-state index contributed by atoms with van der Waals surface area (Å²) in [5.74, 6) is 0.555. The first-order valence-corrected chi connectivity index (χ1v) is 5.52. The number of hydrogen-bond acceptors (Lipinski definition) is 4. The molecule has 0 amide bonds. The average Bonchev–Trinajstić information content (AvgIpc) is 3.07. The lowest BCUT2D eigenvalue weighted by Crippen LogP contribution is -2.07. The zero-order valence-corrected chi connectivity index (χ0v) is 10.2. The molecule has 1 aromatic rings. The van der Waals surface area contributed by atoms with Crippen molar-refractivity contribution in [1.82, 2.24) is 0 Å². The molecule has 1 aliphatic rings. The van der Waals surface area contributed by atoms with Gasteiger partial charge in [-0.25, -0.2) is 4.79 Å². The number of isocyanates is 1. The fourth-order valence-corrected chi connectivity index (χ4v) is 2.07. The van der Waals surface area contributed by atoms with Gasteiger partial charge in [0.05, 0.1) is 7.11 Å². The Labute approximate surface area is 99.9 Å². The van der Waals surface area contributed by atoms with Crippen LogP contribution in [0.3, 0.4) is 0 Å². The lowest BCUT2D eigenvalue weighted by Gasteiger charge is -2.17. The summed E-state index contributed by atoms with van der Waals surface area (Å²) in [4.78, 5) is 14.3. The molecule has 0 unspecified atom stereocenters. The zero-order valence-electron chi connectivity index (χ0n) is 10.2. The predicted octanol–water partition coefficient (Wildman–Crippen LogP) is 2.34. The van der Waals surface area contributed by atoms with Gasteiger partial charge in [-0.1, -0.05) is 0 Å². The minimum Gasteiger partial charge on any atom is -0.504 e. The molecule has 0 aliphatic heterocycles. The highest BCUT2D eigenvalue weighted by Gasteiger charge is 2.47. The van der Waals surface area contributed by atoms with E-state index in [1.807, 2.05) is 19.9 Å². The van der Waals surface area contributed by atoms with Crippen LogP contribution in [0.4, 0.5) is 0 Å². The molecule has 4 heteroatoms. The van der Waals surface area contributed by atoms with Crippen LogP contribution in [0.1, 0.15) is 29.5 Å². The number of aromatic hydroxyl groups is 1. The van der Waals surface area contributed by atoms with Crippen molar-refractivity contribution in [2.45, 2.75) is 32.2 Å². The number of phenols is 1. The fraction of sp³-hybridized carbons (Fsp3) is 0.462. The second-order valence-corrected chi connectivity index (χ2v) is 4.48. The van der Waals surface area contributed by atoms with Crippen LogP contribution in [-0.2, 0) is 10.3 Å². The second kappa shape index (κ2) is 3.90. The smallest absolute Gasteiger partial charge is 0.235 e. The molecule has 17 heavy (non-hydrogen) atoms. The van der Waals surface area contributed by atoms with Crippen LogP contribution in [0.25, 0.3) is 0 Å². The van der Waals surface area contributed by atoms with Gasteiger partial charge in [0.2, 0.25) is 6.08 Å². The number of hydrogen-bond donors (Lipinski definition) is 1. The second-order valence-electron chi connectivity index (χ2n) is 4.48. The maximum atomic E-state index is 10.5. The fourth-order valence-electron chi connectivity index (χ4n) is 2.07. The van der Waals surface area contributed by atoms with Gasteiger partial charge in [0.15, 0.2) is 11.5 Å². The Hall–Kier alpha value is -1.80. The molecule has 0 heterocycles. The maximum absolute atomic E-state index is 10.5. The molecule has 1 aliphatic carbocycles. The van der Waals surface area contributed by atoms with Gasteiger partial charge in [-0.2, -0.15) is 4.99 Å². The number of aryl methyl sites for hydroxylation is 1. The average molecular weight is 233 g/mol. The molecule has 90 valence electrons. The van der Waals surface area contributed by atoms with E-state index in [1.165, 1.54) is 7.11 Å². The van der Waals surface area contributed by atoms with Crippen molar-refractivity contribution in [3.63, 3.8) is 0 Å². The Balaban J connectivity index is 2.66. The van der Waals surface area contributed by atoms with Gasteiger partial charge in [-0.3, -0.25) is 0 Å². The highest BCUT2D eigenvalue weighted by molar-refractivity contribution is 5.58. The van der Waals surface area contributed by atoms with Gasteiger partial charge in [0.25, 0.3) is 0 Å². The SMILES string of the molecule is COc1c(C2(N=C=O)CC2)cc(C)c(C)c1O. The first kappa shape index (κ1) is 11.7. The van der Waals surface area contributed by atoms with Crippen LogP contribution >= 0.6 is 0 Å². The van der Waals surface area contributed by atoms with Crippen molar-refractivity contribution in [2.75, 3.05) is 7.11 Å². The normalized spacial score (nSPS) is 16.2. The van der Waals surface area contributed by atoms with Gasteiger partial charge in [0.1, 0.15) is 5.54 Å². The van der Waals surface area contributed by atoms with E-state index < -0.39 is 5.54 Å². The Morgan fingerprint density at radius 2 is 2.12 bits per heavy atom. The number of benzene rings is 1. The van der Waals surface area contributed by atoms with Crippen LogP contribution in [0, 0.1) is 13.8 Å². The van der Waals surface area contributed by atoms with Crippen LogP contribution in [0.5, 0.6) is 11.5 Å². The summed E-state index contributed by atoms with van der Waals surface area (Å²) in [5, 5.41) is 10.1. The van der Waals surface area contributed by atoms with Crippen LogP contribution < -0.4 is 4.74 Å². The van der Waals surface area contributed by atoms with E-state index in [9.17, 15) is 9.90 Å². The summed E-state index contributed by atoms with van der Waals surface area (Å²) in [5.41, 5.74) is 2.01. The molecule has 4 nitrogen and oxygen atoms in total. The number of rotatable bonds is 3. The number of phenolic OH excluding ortho intramolecular Hbond substituents is 1. The minimum absolute atomic E-state index is 0.134. The molecule has 0 radical (unpaired) electrons. The highest BCUT2D eigenvalue weighted by atomic mass is 16.5. The summed E-state index contributed by atoms with van der Waals surface area (Å²) in [6.45, 7) is 3.75. The first-order chi connectivity index (χ1) is 8.05. The van der Waals surface area contributed by atoms with Gasteiger partial charge in [-0.15, -0.1) is 0 Å². The third kappa shape index (κ3) is 1.71. The number of nitrogens with zero attached hydrogens (tertiary/aromatic N) is 1. The van der Waals surface area contributed by atoms with Crippen molar-refractivity contribution in [2.24, 2.45) is 4.99 Å². The molecule has 0 saturated heterocycles. The number of ether oxygens (including phenoxy) is 1. The van der Waals surface area contributed by atoms with E-state index in [-0.39, 0.29) is 5.75 Å². The summed E-state index contributed by atoms with van der Waals surface area (Å²) in [7, 11) is 1.51. The third-order valence-electron chi connectivity index (χ3n) is 3.46. The van der Waals surface area contributed by atoms with Gasteiger partial charge in [-0.05, 0) is 43.9 Å². The molecular formula is C13H15NO3. The van der Waals surface area contributed by atoms with Crippen LogP contribution in [0.15, 0.2) is 11.1 Å². The Kier molecular flexibility index (Phi) is 2.68. The predicted molar refractivity (Wildman–Crippen MR) is 63.2 cm³/mol. The van der Waals surface area contributed by atoms with E-state index in [0.29, 0.717) is 5.75 Å². The molecule has 2 rings (SSSR count). The molecule has 1 aromatic carbocycles. The van der Waals surface area contributed by atoms with Crippen molar-refractivity contribution < 1.29 is 14.6 Å². The number of methoxy groups -OCH3 is 1. The molecule has 1 fully saturated rings. The van der Waals surface area contributed by atoms with Crippen LogP contribution in [-0.4, -0.2) is 18.3 Å². The van der Waals surface area contributed by atoms with Gasteiger partial charge >= 0.3 is 0 Å². The van der Waals surface area contributed by atoms with E-state index in [0.717, 1.165) is 29.5 Å². The van der Waals surface area contributed by atoms with Crippen molar-refractivity contribution in [1.29, 1.82) is 0 Å². The zero-order chi connectivity index (χ0) is 12.6. The van der Waals surface area contributed by atoms with Gasteiger partial charge < -0.3 is 9.84 Å². The lowest BCUT2D eigenvalue weighted by atomic mass is 9.97. The summed E-state index contributed by atoms with van der Waals surface area (Å²) >= 11 is 0. The maximum Gasteiger partial charge on any atom is 0.235 e. The molecule has 1 N–H and O–H groups in total. The lowest BCUT2D eigenvalue weighted by molar-refractivity contribution is 0.363. The largest absolute Gasteiger partial charge is 0.504 e. The summed E-state index contributed by atoms with van der Waals surface area (Å²) in [6.07, 6.45) is 3.20. The standard InChI is InChI=1S/C13H15NO3/c1-8-6-10(13(4-5-13)14-7-15)12(17-3)11(16)9(8)2/h6,16H,4-5H2,1-3H3. The molecule has 0 aromatic heterocycles. The Morgan fingerprint density at radius 1 is 1.47 bits per heavy atom. The van der Waals surface area contributed by atoms with Crippen molar-refractivity contribution in [3.05, 3.63) is 22.8 Å². The van der Waals surface area contributed by atoms with E-state index >= 15 is 0 Å². The summed E-state index contributed by atoms with van der Waals surface area (Å²) in [6, 6.07) is 1.93. The minimum atomic E-state index is -0.525. The molecular weight excluding hydrogens is 218 g/mol. The van der Waals surface area contributed by atoms with Gasteiger partial charge in [0, 0.05) is 5.56 Å². The van der Waals surface area contributed by atoms with Crippen LogP contribution in [0.2, 0.25) is 0 Å². The topological polar surface area (TPSA) is 58.9 Å². The van der Waals surface area contributed by atoms with E-state index in [2.05, 4.69) is 4.99 Å². The quantitative estimate of drug-likeness (QED) is 0.644. The van der Waals surface area contributed by atoms with Crippen molar-refractivity contribution >= 4 is 6.08 Å². The third-order valence-corrected chi connectivity index (χ3v) is 3.46. The van der Waals surface area contributed by atoms with E-state index in [1.54, 1.807) is 6.08 Å². The first-order valence-electron chi connectivity index (χ1n) is 5.52. The number of aliphatic imine (C=N–C) groups is 1. The molecule has 0 bridgehead atoms. The number of carbonyl (C=O) groups excluding carboxylic acids is 1. The summed E-state index contributed by atoms with van der Waals surface area (Å²) < 4.78 is 5.24. The molecule has 1 saturated carbocycles. The monoisotopic (exact) mass is 233 g/mol.